The van der Waals surface area contributed by atoms with Crippen LogP contribution in [0.15, 0.2) is 45.0 Å². The van der Waals surface area contributed by atoms with Crippen LogP contribution >= 0.6 is 19.6 Å². The number of hydrogen-bond acceptors (Lipinski definition) is 5. The molecule has 0 aliphatic carbocycles. The van der Waals surface area contributed by atoms with E-state index >= 15 is 0 Å². The quantitative estimate of drug-likeness (QED) is 0.120. The molecule has 0 radical (unpaired) electrons. The van der Waals surface area contributed by atoms with Crippen molar-refractivity contribution in [1.29, 1.82) is 0 Å². The van der Waals surface area contributed by atoms with Crippen molar-refractivity contribution in [1.82, 2.24) is 4.31 Å². The fraction of sp³-hybridized carbons (Fsp3) is 0.556. The molecule has 0 saturated heterocycles. The van der Waals surface area contributed by atoms with Crippen LogP contribution in [0.4, 0.5) is 74.6 Å². The number of sulfonamides is 1. The van der Waals surface area contributed by atoms with Crippen molar-refractivity contribution in [3.05, 3.63) is 35.3 Å². The van der Waals surface area contributed by atoms with Gasteiger partial charge in [-0.2, -0.15) is 74.6 Å². The molecule has 0 atom stereocenters. The molecule has 1 aromatic carbocycles. The van der Waals surface area contributed by atoms with E-state index < -0.39 is 105 Å². The molecule has 262 valence electrons. The number of phosphoric acid groups is 1. The first-order chi connectivity index (χ1) is 19.7. The van der Waals surface area contributed by atoms with Crippen molar-refractivity contribution >= 4 is 29.6 Å². The average molecular weight is 757 g/mol. The molecule has 0 amide bonds. The molecule has 0 unspecified atom stereocenters. The van der Waals surface area contributed by atoms with Crippen LogP contribution in [0.25, 0.3) is 0 Å². The molecule has 45 heavy (non-hydrogen) atoms. The molecule has 1 rings (SSSR count). The van der Waals surface area contributed by atoms with Gasteiger partial charge in [0.1, 0.15) is 0 Å². The maximum atomic E-state index is 14.4. The van der Waals surface area contributed by atoms with E-state index in [0.717, 1.165) is 12.1 Å². The SMILES string of the molecule is CN(CCOP(=O)(O)O)S(=O)(=O)c1ccccc1SC(F)=C(F)C(F)(F)C(F)(F)C(F)(F)C(F)(F)C(F)(F)C(F)(F)C(F)(F)F. The maximum absolute atomic E-state index is 14.4. The van der Waals surface area contributed by atoms with Gasteiger partial charge >= 0.3 is 49.5 Å². The summed E-state index contributed by atoms with van der Waals surface area (Å²) in [7, 11) is -9.53. The summed E-state index contributed by atoms with van der Waals surface area (Å²) in [5, 5.41) is -3.46. The molecule has 0 aliphatic rings. The number of rotatable bonds is 14. The lowest BCUT2D eigenvalue weighted by Crippen LogP contribution is -2.72. The van der Waals surface area contributed by atoms with Gasteiger partial charge in [0, 0.05) is 18.5 Å². The first-order valence-electron chi connectivity index (χ1n) is 10.5. The maximum Gasteiger partial charge on any atom is 0.469 e. The fourth-order valence-electron chi connectivity index (χ4n) is 2.69. The number of nitrogens with zero attached hydrogens (tertiary/aromatic N) is 1. The molecule has 27 heteroatoms. The summed E-state index contributed by atoms with van der Waals surface area (Å²) in [5.74, 6) is -55.0. The van der Waals surface area contributed by atoms with Gasteiger partial charge in [-0.05, 0) is 12.1 Å². The number of allylic oxidation sites excluding steroid dienone is 1. The summed E-state index contributed by atoms with van der Waals surface area (Å²) in [6.45, 7) is -1.96. The number of benzene rings is 1. The lowest BCUT2D eigenvalue weighted by Gasteiger charge is -2.41. The Hall–Kier alpha value is -1.86. The number of likely N-dealkylation sites (N-methyl/N-ethyl adjacent to an activating group) is 1. The minimum absolute atomic E-state index is 0.183. The molecule has 2 N–H and O–H groups in total. The molecule has 0 spiro atoms. The van der Waals surface area contributed by atoms with Gasteiger partial charge < -0.3 is 9.79 Å². The molecule has 1 aromatic rings. The van der Waals surface area contributed by atoms with Crippen LogP contribution in [-0.4, -0.2) is 84.4 Å². The minimum atomic E-state index is -8.75. The number of hydrogen-bond donors (Lipinski definition) is 2. The summed E-state index contributed by atoms with van der Waals surface area (Å²) in [6, 6.07) is 2.42. The molecular weight excluding hydrogens is 744 g/mol. The standard InChI is InChI=1S/C18H13F17NO6PS2/c1-36(6-7-42-43(37,38)39)45(40,41)9-5-3-2-4-8(9)44-11(20)10(19)12(21,22)13(23,24)14(25,26)15(27,28)16(29,30)17(31,32)18(33,34)35/h2-5H,6-7H2,1H3,(H2,37,38,39). The molecule has 0 saturated carbocycles. The topological polar surface area (TPSA) is 104 Å². The van der Waals surface area contributed by atoms with Crippen molar-refractivity contribution in [2.75, 3.05) is 20.2 Å². The van der Waals surface area contributed by atoms with Gasteiger partial charge in [0.25, 0.3) is 0 Å². The van der Waals surface area contributed by atoms with Crippen LogP contribution in [-0.2, 0) is 19.1 Å². The Morgan fingerprint density at radius 3 is 1.67 bits per heavy atom. The van der Waals surface area contributed by atoms with Gasteiger partial charge in [-0.1, -0.05) is 23.9 Å². The second-order valence-corrected chi connectivity index (χ2v) is 12.5. The highest BCUT2D eigenvalue weighted by Crippen LogP contribution is 2.63. The van der Waals surface area contributed by atoms with Crippen LogP contribution in [0.5, 0.6) is 0 Å². The second-order valence-electron chi connectivity index (χ2n) is 8.23. The van der Waals surface area contributed by atoms with Gasteiger partial charge in [-0.25, -0.2) is 17.4 Å². The van der Waals surface area contributed by atoms with E-state index in [4.69, 9.17) is 9.79 Å². The van der Waals surface area contributed by atoms with E-state index in [-0.39, 0.29) is 4.31 Å². The Kier molecular flexibility index (Phi) is 11.6. The first kappa shape index (κ1) is 41.2. The predicted octanol–water partition coefficient (Wildman–Crippen LogP) is 6.99. The van der Waals surface area contributed by atoms with E-state index in [9.17, 15) is 87.6 Å². The van der Waals surface area contributed by atoms with E-state index in [1.165, 1.54) is 0 Å². The van der Waals surface area contributed by atoms with Crippen molar-refractivity contribution in [3.8, 4) is 0 Å². The molecule has 7 nitrogen and oxygen atoms in total. The van der Waals surface area contributed by atoms with Crippen molar-refractivity contribution in [2.24, 2.45) is 0 Å². The van der Waals surface area contributed by atoms with Gasteiger partial charge in [0.15, 0.2) is 5.16 Å². The molecule has 0 aliphatic heterocycles. The molecule has 0 heterocycles. The van der Waals surface area contributed by atoms with Crippen LogP contribution in [0.2, 0.25) is 0 Å². The third-order valence-corrected chi connectivity index (χ3v) is 8.68. The van der Waals surface area contributed by atoms with Gasteiger partial charge in [0.2, 0.25) is 15.9 Å². The number of thioether (sulfide) groups is 1. The summed E-state index contributed by atoms with van der Waals surface area (Å²) >= 11 is -1.26. The van der Waals surface area contributed by atoms with E-state index in [0.29, 0.717) is 19.2 Å². The Balaban J connectivity index is 3.61. The fourth-order valence-corrected chi connectivity index (χ4v) is 5.40. The van der Waals surface area contributed by atoms with E-state index in [1.807, 2.05) is 0 Å². The smallest absolute Gasteiger partial charge is 0.303 e. The van der Waals surface area contributed by atoms with Crippen LogP contribution < -0.4 is 0 Å². The second kappa shape index (κ2) is 12.6. The summed E-state index contributed by atoms with van der Waals surface area (Å²) in [4.78, 5) is 14.6. The number of halogens is 17. The van der Waals surface area contributed by atoms with Crippen LogP contribution in [0, 0.1) is 0 Å². The lowest BCUT2D eigenvalue weighted by molar-refractivity contribution is -0.450. The highest BCUT2D eigenvalue weighted by molar-refractivity contribution is 8.03. The van der Waals surface area contributed by atoms with E-state index in [2.05, 4.69) is 4.52 Å². The average Bonchev–Trinajstić information content (AvgIpc) is 2.86. The zero-order valence-electron chi connectivity index (χ0n) is 20.9. The zero-order chi connectivity index (χ0) is 36.0. The Bertz CT molecular complexity index is 1430. The highest BCUT2D eigenvalue weighted by atomic mass is 32.2. The van der Waals surface area contributed by atoms with Gasteiger partial charge in [-0.15, -0.1) is 0 Å². The Morgan fingerprint density at radius 1 is 0.800 bits per heavy atom. The Labute approximate surface area is 243 Å². The normalized spacial score (nSPS) is 15.8. The monoisotopic (exact) mass is 757 g/mol. The molecular formula is C18H13F17NO6PS2. The highest BCUT2D eigenvalue weighted by Gasteiger charge is 2.93. The number of phosphoric ester groups is 1. The van der Waals surface area contributed by atoms with Gasteiger partial charge in [-0.3, -0.25) is 4.52 Å². The molecule has 0 fully saturated rings. The van der Waals surface area contributed by atoms with E-state index in [1.54, 1.807) is 0 Å². The van der Waals surface area contributed by atoms with Crippen molar-refractivity contribution in [3.63, 3.8) is 0 Å². The lowest BCUT2D eigenvalue weighted by atomic mass is 9.91. The Morgan fingerprint density at radius 2 is 1.22 bits per heavy atom. The summed E-state index contributed by atoms with van der Waals surface area (Å²) < 4.78 is 268. The zero-order valence-corrected chi connectivity index (χ0v) is 23.4. The molecule has 0 bridgehead atoms. The van der Waals surface area contributed by atoms with Crippen molar-refractivity contribution in [2.45, 2.75) is 51.5 Å². The van der Waals surface area contributed by atoms with Crippen LogP contribution in [0.3, 0.4) is 0 Å². The third-order valence-electron chi connectivity index (χ3n) is 5.18. The number of alkyl halides is 15. The predicted molar refractivity (Wildman–Crippen MR) is 115 cm³/mol. The van der Waals surface area contributed by atoms with Gasteiger partial charge in [0.05, 0.1) is 11.5 Å². The largest absolute Gasteiger partial charge is 0.469 e. The van der Waals surface area contributed by atoms with Crippen molar-refractivity contribution < 1.29 is 102 Å². The first-order valence-corrected chi connectivity index (χ1v) is 14.3. The van der Waals surface area contributed by atoms with Crippen LogP contribution in [0.1, 0.15) is 0 Å². The summed E-state index contributed by atoms with van der Waals surface area (Å²) in [6.07, 6.45) is -7.86. The third kappa shape index (κ3) is 7.35. The molecule has 0 aromatic heterocycles. The minimum Gasteiger partial charge on any atom is -0.303 e. The summed E-state index contributed by atoms with van der Waals surface area (Å²) in [5.41, 5.74) is 0.